The number of nitrogens with one attached hydrogen (secondary N) is 1. The molecular weight excluding hydrogens is 236 g/mol. The van der Waals surface area contributed by atoms with Gasteiger partial charge < -0.3 is 10.1 Å². The van der Waals surface area contributed by atoms with E-state index in [-0.39, 0.29) is 0 Å². The molecule has 2 aromatic rings. The van der Waals surface area contributed by atoms with Crippen LogP contribution in [0, 0.1) is 0 Å². The van der Waals surface area contributed by atoms with E-state index in [2.05, 4.69) is 10.3 Å². The number of hydrogen-bond acceptors (Lipinski definition) is 3. The molecule has 0 saturated carbocycles. The monoisotopic (exact) mass is 248 g/mol. The van der Waals surface area contributed by atoms with Gasteiger partial charge >= 0.3 is 0 Å². The summed E-state index contributed by atoms with van der Waals surface area (Å²) in [4.78, 5) is 4.04. The highest BCUT2D eigenvalue weighted by atomic mass is 35.5. The molecule has 0 aliphatic rings. The zero-order chi connectivity index (χ0) is 12.1. The van der Waals surface area contributed by atoms with E-state index in [0.717, 1.165) is 17.3 Å². The van der Waals surface area contributed by atoms with Crippen LogP contribution in [-0.2, 0) is 6.54 Å². The molecule has 0 bridgehead atoms. The lowest BCUT2D eigenvalue weighted by Gasteiger charge is -2.07. The van der Waals surface area contributed by atoms with E-state index in [4.69, 9.17) is 16.3 Å². The van der Waals surface area contributed by atoms with Crippen molar-refractivity contribution in [2.45, 2.75) is 6.54 Å². The Bertz CT molecular complexity index is 485. The van der Waals surface area contributed by atoms with Crippen molar-refractivity contribution in [2.24, 2.45) is 0 Å². The number of anilines is 1. The van der Waals surface area contributed by atoms with Crippen molar-refractivity contribution in [3.05, 3.63) is 53.2 Å². The summed E-state index contributed by atoms with van der Waals surface area (Å²) in [6, 6.07) is 11.5. The number of pyridine rings is 1. The third-order valence-corrected chi connectivity index (χ3v) is 2.61. The van der Waals surface area contributed by atoms with Gasteiger partial charge in [0.2, 0.25) is 5.88 Å². The summed E-state index contributed by atoms with van der Waals surface area (Å²) in [6.45, 7) is 0.740. The van der Waals surface area contributed by atoms with Crippen molar-refractivity contribution in [3.63, 3.8) is 0 Å². The van der Waals surface area contributed by atoms with E-state index < -0.39 is 0 Å². The van der Waals surface area contributed by atoms with Crippen LogP contribution < -0.4 is 10.1 Å². The van der Waals surface area contributed by atoms with Crippen molar-refractivity contribution >= 4 is 17.3 Å². The Labute approximate surface area is 105 Å². The molecular formula is C13H13ClN2O. The van der Waals surface area contributed by atoms with Gasteiger partial charge in [-0.25, -0.2) is 4.98 Å². The zero-order valence-electron chi connectivity index (χ0n) is 9.48. The average Bonchev–Trinajstić information content (AvgIpc) is 2.38. The van der Waals surface area contributed by atoms with Gasteiger partial charge in [-0.2, -0.15) is 0 Å². The first kappa shape index (κ1) is 11.7. The molecule has 0 spiro atoms. The van der Waals surface area contributed by atoms with E-state index in [1.807, 2.05) is 36.4 Å². The van der Waals surface area contributed by atoms with Gasteiger partial charge in [-0.15, -0.1) is 0 Å². The molecule has 1 heterocycles. The Balaban J connectivity index is 1.99. The number of ether oxygens (including phenoxy) is 1. The zero-order valence-corrected chi connectivity index (χ0v) is 10.2. The van der Waals surface area contributed by atoms with Gasteiger partial charge in [0.05, 0.1) is 7.11 Å². The van der Waals surface area contributed by atoms with Crippen LogP contribution in [0.3, 0.4) is 0 Å². The second-order valence-corrected chi connectivity index (χ2v) is 4.00. The molecule has 3 nitrogen and oxygen atoms in total. The molecule has 4 heteroatoms. The molecule has 0 amide bonds. The predicted molar refractivity (Wildman–Crippen MR) is 69.6 cm³/mol. The Morgan fingerprint density at radius 2 is 2.00 bits per heavy atom. The minimum absolute atomic E-state index is 0.603. The van der Waals surface area contributed by atoms with E-state index >= 15 is 0 Å². The highest BCUT2D eigenvalue weighted by Gasteiger charge is 1.97. The molecule has 2 rings (SSSR count). The summed E-state index contributed by atoms with van der Waals surface area (Å²) in [6.07, 6.45) is 1.71. The predicted octanol–water partition coefficient (Wildman–Crippen LogP) is 3.36. The second-order valence-electron chi connectivity index (χ2n) is 3.57. The van der Waals surface area contributed by atoms with Crippen molar-refractivity contribution < 1.29 is 4.74 Å². The molecule has 0 radical (unpaired) electrons. The number of halogens is 1. The molecule has 17 heavy (non-hydrogen) atoms. The van der Waals surface area contributed by atoms with E-state index in [0.29, 0.717) is 5.88 Å². The highest BCUT2D eigenvalue weighted by molar-refractivity contribution is 6.30. The topological polar surface area (TPSA) is 34.1 Å². The molecule has 0 fully saturated rings. The largest absolute Gasteiger partial charge is 0.481 e. The molecule has 1 N–H and O–H groups in total. The van der Waals surface area contributed by atoms with Crippen LogP contribution in [0.5, 0.6) is 5.88 Å². The third kappa shape index (κ3) is 3.36. The number of methoxy groups -OCH3 is 1. The molecule has 0 aliphatic carbocycles. The van der Waals surface area contributed by atoms with Crippen molar-refractivity contribution in [1.29, 1.82) is 0 Å². The summed E-state index contributed by atoms with van der Waals surface area (Å²) >= 11 is 5.82. The number of nitrogens with zero attached hydrogens (tertiary/aromatic N) is 1. The second kappa shape index (κ2) is 5.55. The summed E-state index contributed by atoms with van der Waals surface area (Å²) in [5.41, 5.74) is 2.15. The molecule has 88 valence electrons. The maximum Gasteiger partial charge on any atom is 0.214 e. The number of aromatic nitrogens is 1. The Hall–Kier alpha value is -1.74. The van der Waals surface area contributed by atoms with Gasteiger partial charge in [0.1, 0.15) is 0 Å². The van der Waals surface area contributed by atoms with Gasteiger partial charge in [0, 0.05) is 29.5 Å². The molecule has 1 aromatic carbocycles. The van der Waals surface area contributed by atoms with Gasteiger partial charge in [0.15, 0.2) is 0 Å². The van der Waals surface area contributed by atoms with E-state index in [9.17, 15) is 0 Å². The first-order valence-corrected chi connectivity index (χ1v) is 5.64. The normalized spacial score (nSPS) is 10.0. The van der Waals surface area contributed by atoms with E-state index in [1.54, 1.807) is 13.3 Å². The average molecular weight is 249 g/mol. The van der Waals surface area contributed by atoms with Crippen molar-refractivity contribution in [2.75, 3.05) is 12.4 Å². The molecule has 1 aromatic heterocycles. The van der Waals surface area contributed by atoms with Gasteiger partial charge in [-0.05, 0) is 23.8 Å². The first-order chi connectivity index (χ1) is 8.28. The fourth-order valence-corrected chi connectivity index (χ4v) is 1.56. The van der Waals surface area contributed by atoms with Gasteiger partial charge in [-0.1, -0.05) is 23.7 Å². The van der Waals surface area contributed by atoms with Crippen molar-refractivity contribution in [3.8, 4) is 5.88 Å². The molecule has 0 saturated heterocycles. The van der Waals surface area contributed by atoms with Crippen LogP contribution in [0.2, 0.25) is 5.02 Å². The van der Waals surface area contributed by atoms with Crippen LogP contribution >= 0.6 is 11.6 Å². The smallest absolute Gasteiger partial charge is 0.214 e. The third-order valence-electron chi connectivity index (χ3n) is 2.35. The quantitative estimate of drug-likeness (QED) is 0.901. The molecule has 0 aliphatic heterocycles. The standard InChI is InChI=1S/C13H13ClN2O/c1-17-13-8-12(6-7-15-13)16-9-10-2-4-11(14)5-3-10/h2-8H,9H2,1H3,(H,15,16). The lowest BCUT2D eigenvalue weighted by molar-refractivity contribution is 0.398. The Morgan fingerprint density at radius 1 is 1.24 bits per heavy atom. The van der Waals surface area contributed by atoms with Crippen LogP contribution in [0.25, 0.3) is 0 Å². The Morgan fingerprint density at radius 3 is 2.71 bits per heavy atom. The first-order valence-electron chi connectivity index (χ1n) is 5.26. The Kier molecular flexibility index (Phi) is 3.83. The summed E-state index contributed by atoms with van der Waals surface area (Å²) in [5, 5.41) is 4.04. The molecule has 0 unspecified atom stereocenters. The summed E-state index contributed by atoms with van der Waals surface area (Å²) in [5.74, 6) is 0.603. The van der Waals surface area contributed by atoms with Crippen LogP contribution in [0.4, 0.5) is 5.69 Å². The summed E-state index contributed by atoms with van der Waals surface area (Å²) < 4.78 is 5.05. The maximum absolute atomic E-state index is 5.82. The van der Waals surface area contributed by atoms with E-state index in [1.165, 1.54) is 5.56 Å². The minimum atomic E-state index is 0.603. The van der Waals surface area contributed by atoms with Crippen molar-refractivity contribution in [1.82, 2.24) is 4.98 Å². The fraction of sp³-hybridized carbons (Fsp3) is 0.154. The van der Waals surface area contributed by atoms with Gasteiger partial charge in [0.25, 0.3) is 0 Å². The SMILES string of the molecule is COc1cc(NCc2ccc(Cl)cc2)ccn1. The van der Waals surface area contributed by atoms with Crippen LogP contribution in [0.15, 0.2) is 42.6 Å². The van der Waals surface area contributed by atoms with Gasteiger partial charge in [-0.3, -0.25) is 0 Å². The van der Waals surface area contributed by atoms with Crippen LogP contribution in [-0.4, -0.2) is 12.1 Å². The fourth-order valence-electron chi connectivity index (χ4n) is 1.44. The maximum atomic E-state index is 5.82. The number of benzene rings is 1. The number of hydrogen-bond donors (Lipinski definition) is 1. The number of rotatable bonds is 4. The summed E-state index contributed by atoms with van der Waals surface area (Å²) in [7, 11) is 1.60. The highest BCUT2D eigenvalue weighted by Crippen LogP contribution is 2.15. The lowest BCUT2D eigenvalue weighted by Crippen LogP contribution is -1.99. The van der Waals surface area contributed by atoms with Crippen LogP contribution in [0.1, 0.15) is 5.56 Å². The minimum Gasteiger partial charge on any atom is -0.481 e. The molecule has 0 atom stereocenters. The lowest BCUT2D eigenvalue weighted by atomic mass is 10.2.